The zero-order valence-corrected chi connectivity index (χ0v) is 19.4. The summed E-state index contributed by atoms with van der Waals surface area (Å²) in [4.78, 5) is 12.3. The quantitative estimate of drug-likeness (QED) is 0.450. The first-order chi connectivity index (χ1) is 13.2. The molecule has 5 unspecified atom stereocenters. The van der Waals surface area contributed by atoms with Crippen LogP contribution < -0.4 is 0 Å². The minimum absolute atomic E-state index is 0.277. The number of allylic oxidation sites excluding steroid dienone is 2. The summed E-state index contributed by atoms with van der Waals surface area (Å²) in [6, 6.07) is 0. The van der Waals surface area contributed by atoms with Crippen molar-refractivity contribution in [2.24, 2.45) is 52.3 Å². The Bertz CT molecular complexity index is 645. The van der Waals surface area contributed by atoms with Gasteiger partial charge in [0.05, 0.1) is 0 Å². The molecule has 8 atom stereocenters. The smallest absolute Gasteiger partial charge is 0.133 e. The molecule has 0 radical (unpaired) electrons. The van der Waals surface area contributed by atoms with Crippen LogP contribution in [0, 0.1) is 52.3 Å². The van der Waals surface area contributed by atoms with Crippen molar-refractivity contribution >= 4 is 5.78 Å². The Morgan fingerprint density at radius 1 is 1.00 bits per heavy atom. The average Bonchev–Trinajstić information content (AvgIpc) is 3.14. The van der Waals surface area contributed by atoms with Gasteiger partial charge >= 0.3 is 0 Å². The molecule has 0 heterocycles. The highest BCUT2D eigenvalue weighted by Crippen LogP contribution is 2.67. The normalized spacial score (nSPS) is 44.7. The third-order valence-electron chi connectivity index (χ3n) is 10.5. The van der Waals surface area contributed by atoms with Crippen LogP contribution in [0.1, 0.15) is 99.3 Å². The summed E-state index contributed by atoms with van der Waals surface area (Å²) in [6.07, 6.45) is 13.9. The Balaban J connectivity index is 1.50. The molecule has 4 rings (SSSR count). The van der Waals surface area contributed by atoms with Crippen LogP contribution in [0.15, 0.2) is 11.6 Å². The number of fused-ring (bicyclic) bond motifs is 5. The van der Waals surface area contributed by atoms with Crippen LogP contribution in [-0.4, -0.2) is 5.78 Å². The fraction of sp³-hybridized carbons (Fsp3) is 0.889. The van der Waals surface area contributed by atoms with Gasteiger partial charge in [0.15, 0.2) is 0 Å². The van der Waals surface area contributed by atoms with Gasteiger partial charge in [-0.1, -0.05) is 66.0 Å². The van der Waals surface area contributed by atoms with E-state index in [9.17, 15) is 4.79 Å². The predicted molar refractivity (Wildman–Crippen MR) is 118 cm³/mol. The Morgan fingerprint density at radius 2 is 1.71 bits per heavy atom. The van der Waals surface area contributed by atoms with Crippen LogP contribution >= 0.6 is 0 Å². The molecule has 158 valence electrons. The molecule has 4 aliphatic rings. The van der Waals surface area contributed by atoms with E-state index in [-0.39, 0.29) is 5.41 Å². The maximum Gasteiger partial charge on any atom is 0.133 e. The molecule has 0 aromatic heterocycles. The van der Waals surface area contributed by atoms with E-state index in [1.54, 1.807) is 5.57 Å². The molecule has 3 fully saturated rings. The van der Waals surface area contributed by atoms with E-state index in [0.717, 1.165) is 42.4 Å². The highest BCUT2D eigenvalue weighted by atomic mass is 16.1. The molecule has 4 aliphatic carbocycles. The number of ketones is 1. The Labute approximate surface area is 174 Å². The van der Waals surface area contributed by atoms with E-state index in [1.807, 2.05) is 0 Å². The highest BCUT2D eigenvalue weighted by molar-refractivity contribution is 5.82. The molecule has 0 aromatic carbocycles. The lowest BCUT2D eigenvalue weighted by atomic mass is 9.50. The van der Waals surface area contributed by atoms with E-state index in [1.165, 1.54) is 44.9 Å². The van der Waals surface area contributed by atoms with Crippen molar-refractivity contribution < 1.29 is 4.79 Å². The largest absolute Gasteiger partial charge is 0.300 e. The third-order valence-corrected chi connectivity index (χ3v) is 10.5. The molecule has 1 heteroatoms. The first kappa shape index (κ1) is 20.7. The van der Waals surface area contributed by atoms with Gasteiger partial charge in [-0.3, -0.25) is 4.79 Å². The van der Waals surface area contributed by atoms with Gasteiger partial charge in [0.25, 0.3) is 0 Å². The van der Waals surface area contributed by atoms with E-state index < -0.39 is 0 Å². The van der Waals surface area contributed by atoms with Crippen LogP contribution in [0.2, 0.25) is 0 Å². The topological polar surface area (TPSA) is 17.1 Å². The van der Waals surface area contributed by atoms with E-state index in [2.05, 4.69) is 47.6 Å². The Hall–Kier alpha value is -0.590. The summed E-state index contributed by atoms with van der Waals surface area (Å²) >= 11 is 0. The molecule has 3 saturated carbocycles. The molecule has 0 aromatic rings. The number of hydrogen-bond donors (Lipinski definition) is 0. The van der Waals surface area contributed by atoms with E-state index in [4.69, 9.17) is 0 Å². The van der Waals surface area contributed by atoms with Gasteiger partial charge in [0.2, 0.25) is 0 Å². The standard InChI is InChI=1S/C27H44O/c1-17(2)18(3)7-8-19(4)23-11-12-24-22-10-9-20-15-21(28)16-27(20,6)25(22)13-14-26(23,24)5/h10,17-20,23-25H,7-9,11-16H2,1-6H3/t18-,19+,20-,23?,24?,25?,26?,27?/m0/s1. The zero-order chi connectivity index (χ0) is 20.3. The minimum atomic E-state index is 0.277. The lowest BCUT2D eigenvalue weighted by Gasteiger charge is -2.54. The number of carbonyl (C=O) groups is 1. The van der Waals surface area contributed by atoms with Gasteiger partial charge in [0.1, 0.15) is 5.78 Å². The van der Waals surface area contributed by atoms with Gasteiger partial charge in [-0.15, -0.1) is 0 Å². The maximum atomic E-state index is 12.3. The summed E-state index contributed by atoms with van der Waals surface area (Å²) in [7, 11) is 0. The fourth-order valence-electron chi connectivity index (χ4n) is 8.21. The second kappa shape index (κ2) is 7.28. The first-order valence-electron chi connectivity index (χ1n) is 12.4. The minimum Gasteiger partial charge on any atom is -0.300 e. The van der Waals surface area contributed by atoms with Crippen LogP contribution in [0.5, 0.6) is 0 Å². The SMILES string of the molecule is CC(C)[C@@H](C)CC[C@@H](C)C1CCC2C3=CC[C@H]4CC(=O)CC4(C)C3CCC21C. The third kappa shape index (κ3) is 3.14. The predicted octanol–water partition coefficient (Wildman–Crippen LogP) is 7.45. The number of carbonyl (C=O) groups excluding carboxylic acids is 1. The Morgan fingerprint density at radius 3 is 2.43 bits per heavy atom. The second-order valence-electron chi connectivity index (χ2n) is 12.2. The Kier molecular flexibility index (Phi) is 5.37. The van der Waals surface area contributed by atoms with Crippen molar-refractivity contribution in [2.75, 3.05) is 0 Å². The van der Waals surface area contributed by atoms with Crippen LogP contribution in [0.3, 0.4) is 0 Å². The highest BCUT2D eigenvalue weighted by Gasteiger charge is 2.59. The van der Waals surface area contributed by atoms with Crippen molar-refractivity contribution in [3.05, 3.63) is 11.6 Å². The fourth-order valence-corrected chi connectivity index (χ4v) is 8.21. The van der Waals surface area contributed by atoms with E-state index in [0.29, 0.717) is 23.0 Å². The van der Waals surface area contributed by atoms with Crippen molar-refractivity contribution in [2.45, 2.75) is 99.3 Å². The van der Waals surface area contributed by atoms with Gasteiger partial charge in [0, 0.05) is 12.8 Å². The molecule has 1 nitrogen and oxygen atoms in total. The lowest BCUT2D eigenvalue weighted by molar-refractivity contribution is -0.118. The molecular formula is C27H44O. The molecule has 0 spiro atoms. The molecule has 28 heavy (non-hydrogen) atoms. The molecule has 0 aliphatic heterocycles. The maximum absolute atomic E-state index is 12.3. The van der Waals surface area contributed by atoms with Crippen LogP contribution in [0.4, 0.5) is 0 Å². The first-order valence-corrected chi connectivity index (χ1v) is 12.4. The summed E-state index contributed by atoms with van der Waals surface area (Å²) in [6.45, 7) is 14.9. The van der Waals surface area contributed by atoms with Gasteiger partial charge in [-0.05, 0) is 84.4 Å². The van der Waals surface area contributed by atoms with Crippen molar-refractivity contribution in [1.82, 2.24) is 0 Å². The zero-order valence-electron chi connectivity index (χ0n) is 19.4. The second-order valence-corrected chi connectivity index (χ2v) is 12.2. The number of hydrogen-bond acceptors (Lipinski definition) is 1. The summed E-state index contributed by atoms with van der Waals surface area (Å²) in [5.41, 5.74) is 2.58. The van der Waals surface area contributed by atoms with Crippen LogP contribution in [-0.2, 0) is 4.79 Å². The van der Waals surface area contributed by atoms with Crippen molar-refractivity contribution in [3.8, 4) is 0 Å². The molecule has 0 amide bonds. The number of Topliss-reactive ketones (excluding diaryl/α,β-unsaturated/α-hetero) is 1. The summed E-state index contributed by atoms with van der Waals surface area (Å²) in [5.74, 6) is 6.08. The van der Waals surface area contributed by atoms with E-state index >= 15 is 0 Å². The molecule has 0 saturated heterocycles. The summed E-state index contributed by atoms with van der Waals surface area (Å²) < 4.78 is 0. The van der Waals surface area contributed by atoms with Crippen molar-refractivity contribution in [1.29, 1.82) is 0 Å². The van der Waals surface area contributed by atoms with Gasteiger partial charge in [-0.25, -0.2) is 0 Å². The number of rotatable bonds is 5. The lowest BCUT2D eigenvalue weighted by Crippen LogP contribution is -2.46. The van der Waals surface area contributed by atoms with Gasteiger partial charge in [-0.2, -0.15) is 0 Å². The molecule has 0 bridgehead atoms. The average molecular weight is 385 g/mol. The molecule has 0 N–H and O–H groups in total. The molecular weight excluding hydrogens is 340 g/mol. The summed E-state index contributed by atoms with van der Waals surface area (Å²) in [5, 5.41) is 0. The van der Waals surface area contributed by atoms with Crippen LogP contribution in [0.25, 0.3) is 0 Å². The monoisotopic (exact) mass is 384 g/mol. The van der Waals surface area contributed by atoms with Crippen molar-refractivity contribution in [3.63, 3.8) is 0 Å². The van der Waals surface area contributed by atoms with Gasteiger partial charge < -0.3 is 0 Å².